The molecule has 0 aliphatic heterocycles. The average molecular weight is 189 g/mol. The van der Waals surface area contributed by atoms with E-state index in [1.807, 2.05) is 30.8 Å². The van der Waals surface area contributed by atoms with Crippen LogP contribution >= 0.6 is 0 Å². The van der Waals surface area contributed by atoms with Crippen molar-refractivity contribution in [1.29, 1.82) is 0 Å². The second kappa shape index (κ2) is 2.87. The van der Waals surface area contributed by atoms with Crippen LogP contribution in [0.1, 0.15) is 15.9 Å². The SMILES string of the molecule is Cc1cn(C)c2cccc(C(=O)O)c12. The summed E-state index contributed by atoms with van der Waals surface area (Å²) in [6.07, 6.45) is 1.94. The third-order valence-corrected chi connectivity index (χ3v) is 2.43. The largest absolute Gasteiger partial charge is 0.478 e. The fourth-order valence-electron chi connectivity index (χ4n) is 1.85. The van der Waals surface area contributed by atoms with Gasteiger partial charge in [-0.25, -0.2) is 4.79 Å². The fraction of sp³-hybridized carbons (Fsp3) is 0.182. The van der Waals surface area contributed by atoms with Crippen LogP contribution in [-0.2, 0) is 7.05 Å². The number of nitrogens with zero attached hydrogens (tertiary/aromatic N) is 1. The third-order valence-electron chi connectivity index (χ3n) is 2.43. The van der Waals surface area contributed by atoms with Crippen LogP contribution in [0.4, 0.5) is 0 Å². The van der Waals surface area contributed by atoms with Crippen LogP contribution in [0.5, 0.6) is 0 Å². The average Bonchev–Trinajstić information content (AvgIpc) is 2.43. The zero-order valence-electron chi connectivity index (χ0n) is 8.11. The van der Waals surface area contributed by atoms with Gasteiger partial charge < -0.3 is 9.67 Å². The van der Waals surface area contributed by atoms with Gasteiger partial charge in [0, 0.05) is 24.1 Å². The molecule has 1 aromatic heterocycles. The molecule has 3 nitrogen and oxygen atoms in total. The van der Waals surface area contributed by atoms with Crippen molar-refractivity contribution in [2.75, 3.05) is 0 Å². The number of carbonyl (C=O) groups is 1. The number of hydrogen-bond donors (Lipinski definition) is 1. The Morgan fingerprint density at radius 2 is 2.14 bits per heavy atom. The van der Waals surface area contributed by atoms with Crippen molar-refractivity contribution in [3.8, 4) is 0 Å². The second-order valence-electron chi connectivity index (χ2n) is 3.43. The smallest absolute Gasteiger partial charge is 0.336 e. The minimum atomic E-state index is -0.870. The summed E-state index contributed by atoms with van der Waals surface area (Å²) in [7, 11) is 1.92. The highest BCUT2D eigenvalue weighted by molar-refractivity contribution is 6.04. The van der Waals surface area contributed by atoms with Gasteiger partial charge in [-0.3, -0.25) is 0 Å². The van der Waals surface area contributed by atoms with Crippen LogP contribution in [0, 0.1) is 6.92 Å². The lowest BCUT2D eigenvalue weighted by atomic mass is 10.1. The summed E-state index contributed by atoms with van der Waals surface area (Å²) in [5.41, 5.74) is 2.34. The number of fused-ring (bicyclic) bond motifs is 1. The fourth-order valence-corrected chi connectivity index (χ4v) is 1.85. The quantitative estimate of drug-likeness (QED) is 0.747. The molecule has 2 rings (SSSR count). The topological polar surface area (TPSA) is 42.2 Å². The Balaban J connectivity index is 2.92. The lowest BCUT2D eigenvalue weighted by Crippen LogP contribution is -1.97. The van der Waals surface area contributed by atoms with Crippen molar-refractivity contribution in [3.63, 3.8) is 0 Å². The summed E-state index contributed by atoms with van der Waals surface area (Å²) >= 11 is 0. The molecule has 72 valence electrons. The van der Waals surface area contributed by atoms with E-state index in [0.29, 0.717) is 5.56 Å². The number of rotatable bonds is 1. The molecule has 0 fully saturated rings. The predicted molar refractivity (Wildman–Crippen MR) is 54.6 cm³/mol. The van der Waals surface area contributed by atoms with E-state index >= 15 is 0 Å². The molecule has 0 aliphatic carbocycles. The lowest BCUT2D eigenvalue weighted by Gasteiger charge is -1.99. The minimum absolute atomic E-state index is 0.376. The molecule has 0 amide bonds. The van der Waals surface area contributed by atoms with Crippen LogP contribution in [0.3, 0.4) is 0 Å². The minimum Gasteiger partial charge on any atom is -0.478 e. The van der Waals surface area contributed by atoms with Crippen LogP contribution in [0.25, 0.3) is 10.9 Å². The predicted octanol–water partition coefficient (Wildman–Crippen LogP) is 2.18. The van der Waals surface area contributed by atoms with E-state index in [4.69, 9.17) is 5.11 Å². The third kappa shape index (κ3) is 1.09. The van der Waals surface area contributed by atoms with Crippen LogP contribution in [0.15, 0.2) is 24.4 Å². The summed E-state index contributed by atoms with van der Waals surface area (Å²) in [6, 6.07) is 5.33. The highest BCUT2D eigenvalue weighted by atomic mass is 16.4. The Kier molecular flexibility index (Phi) is 1.81. The zero-order chi connectivity index (χ0) is 10.3. The molecule has 0 spiro atoms. The first-order chi connectivity index (χ1) is 6.61. The van der Waals surface area contributed by atoms with Gasteiger partial charge >= 0.3 is 5.97 Å². The molecule has 0 radical (unpaired) electrons. The first-order valence-corrected chi connectivity index (χ1v) is 4.39. The summed E-state index contributed by atoms with van der Waals surface area (Å²) in [6.45, 7) is 1.93. The van der Waals surface area contributed by atoms with Gasteiger partial charge in [-0.15, -0.1) is 0 Å². The van der Waals surface area contributed by atoms with Gasteiger partial charge in [0.15, 0.2) is 0 Å². The van der Waals surface area contributed by atoms with E-state index in [9.17, 15) is 4.79 Å². The molecule has 3 heteroatoms. The van der Waals surface area contributed by atoms with Crippen LogP contribution < -0.4 is 0 Å². The molecular weight excluding hydrogens is 178 g/mol. The van der Waals surface area contributed by atoms with Crippen molar-refractivity contribution in [1.82, 2.24) is 4.57 Å². The first kappa shape index (κ1) is 8.81. The number of carboxylic acid groups (broad SMARTS) is 1. The van der Waals surface area contributed by atoms with Crippen LogP contribution in [0.2, 0.25) is 0 Å². The normalized spacial score (nSPS) is 10.7. The maximum absolute atomic E-state index is 11.0. The van der Waals surface area contributed by atoms with Gasteiger partial charge in [-0.2, -0.15) is 0 Å². The molecule has 0 unspecified atom stereocenters. The monoisotopic (exact) mass is 189 g/mol. The number of hydrogen-bond acceptors (Lipinski definition) is 1. The van der Waals surface area contributed by atoms with Crippen molar-refractivity contribution in [2.45, 2.75) is 6.92 Å². The molecule has 0 atom stereocenters. The molecule has 0 bridgehead atoms. The molecular formula is C11H11NO2. The van der Waals surface area contributed by atoms with Gasteiger partial charge in [-0.1, -0.05) is 6.07 Å². The number of benzene rings is 1. The molecule has 0 saturated carbocycles. The van der Waals surface area contributed by atoms with Crippen LogP contribution in [-0.4, -0.2) is 15.6 Å². The van der Waals surface area contributed by atoms with Crippen molar-refractivity contribution in [2.24, 2.45) is 7.05 Å². The Hall–Kier alpha value is -1.77. The molecule has 14 heavy (non-hydrogen) atoms. The van der Waals surface area contributed by atoms with Crippen molar-refractivity contribution in [3.05, 3.63) is 35.5 Å². The van der Waals surface area contributed by atoms with E-state index in [1.54, 1.807) is 12.1 Å². The Morgan fingerprint density at radius 1 is 1.43 bits per heavy atom. The zero-order valence-corrected chi connectivity index (χ0v) is 8.11. The maximum Gasteiger partial charge on any atom is 0.336 e. The molecule has 1 heterocycles. The number of carboxylic acids is 1. The Bertz CT molecular complexity index is 511. The van der Waals surface area contributed by atoms with Gasteiger partial charge in [0.05, 0.1) is 5.56 Å². The van der Waals surface area contributed by atoms with E-state index in [-0.39, 0.29) is 0 Å². The highest BCUT2D eigenvalue weighted by Crippen LogP contribution is 2.23. The maximum atomic E-state index is 11.0. The Labute approximate surface area is 81.6 Å². The summed E-state index contributed by atoms with van der Waals surface area (Å²) in [4.78, 5) is 11.0. The molecule has 2 aromatic rings. The van der Waals surface area contributed by atoms with E-state index in [2.05, 4.69) is 0 Å². The number of aromatic carboxylic acids is 1. The number of aromatic nitrogens is 1. The summed E-state index contributed by atoms with van der Waals surface area (Å²) < 4.78 is 1.94. The standard InChI is InChI=1S/C11H11NO2/c1-7-6-12(2)9-5-3-4-8(10(7)9)11(13)14/h3-6H,1-2H3,(H,13,14). The van der Waals surface area contributed by atoms with E-state index < -0.39 is 5.97 Å². The van der Waals surface area contributed by atoms with E-state index in [1.165, 1.54) is 0 Å². The highest BCUT2D eigenvalue weighted by Gasteiger charge is 2.12. The molecule has 0 saturated heterocycles. The Morgan fingerprint density at radius 3 is 2.79 bits per heavy atom. The van der Waals surface area contributed by atoms with E-state index in [0.717, 1.165) is 16.5 Å². The lowest BCUT2D eigenvalue weighted by molar-refractivity contribution is 0.0699. The van der Waals surface area contributed by atoms with Crippen molar-refractivity contribution < 1.29 is 9.90 Å². The van der Waals surface area contributed by atoms with Crippen molar-refractivity contribution >= 4 is 16.9 Å². The second-order valence-corrected chi connectivity index (χ2v) is 3.43. The number of aryl methyl sites for hydroxylation is 2. The van der Waals surface area contributed by atoms with Gasteiger partial charge in [0.1, 0.15) is 0 Å². The van der Waals surface area contributed by atoms with Gasteiger partial charge in [-0.05, 0) is 24.6 Å². The summed E-state index contributed by atoms with van der Waals surface area (Å²) in [5, 5.41) is 9.84. The summed E-state index contributed by atoms with van der Waals surface area (Å²) in [5.74, 6) is -0.870. The molecule has 1 aromatic carbocycles. The molecule has 0 aliphatic rings. The van der Waals surface area contributed by atoms with Gasteiger partial charge in [0.25, 0.3) is 0 Å². The van der Waals surface area contributed by atoms with Gasteiger partial charge in [0.2, 0.25) is 0 Å². The first-order valence-electron chi connectivity index (χ1n) is 4.39. The molecule has 1 N–H and O–H groups in total.